The largest absolute Gasteiger partial charge is 0.489 e. The van der Waals surface area contributed by atoms with Crippen LogP contribution in [-0.4, -0.2) is 22.6 Å². The van der Waals surface area contributed by atoms with Gasteiger partial charge >= 0.3 is 5.97 Å². The van der Waals surface area contributed by atoms with E-state index in [2.05, 4.69) is 0 Å². The summed E-state index contributed by atoms with van der Waals surface area (Å²) in [5.41, 5.74) is 0.186. The average molecular weight is 251 g/mol. The van der Waals surface area contributed by atoms with Crippen LogP contribution in [0.15, 0.2) is 35.9 Å². The number of ether oxygens (including phenoxy) is 1. The van der Waals surface area contributed by atoms with E-state index in [1.54, 1.807) is 13.0 Å². The minimum absolute atomic E-state index is 0.0644. The Morgan fingerprint density at radius 2 is 2.28 bits per heavy atom. The third-order valence-corrected chi connectivity index (χ3v) is 2.26. The van der Waals surface area contributed by atoms with Crippen molar-refractivity contribution in [3.8, 4) is 5.75 Å². The molecule has 0 aromatic heterocycles. The van der Waals surface area contributed by atoms with Gasteiger partial charge in [0.1, 0.15) is 12.4 Å². The van der Waals surface area contributed by atoms with Gasteiger partial charge in [-0.05, 0) is 18.6 Å². The highest BCUT2D eigenvalue weighted by Gasteiger charge is 2.06. The van der Waals surface area contributed by atoms with E-state index < -0.39 is 10.9 Å². The quantitative estimate of drug-likeness (QED) is 0.476. The van der Waals surface area contributed by atoms with Crippen LogP contribution >= 0.6 is 0 Å². The number of carbonyl (C=O) groups is 1. The molecule has 1 rings (SSSR count). The second-order valence-corrected chi connectivity index (χ2v) is 3.45. The van der Waals surface area contributed by atoms with E-state index in [1.807, 2.05) is 0 Å². The maximum Gasteiger partial charge on any atom is 0.331 e. The topological polar surface area (TPSA) is 89.7 Å². The van der Waals surface area contributed by atoms with E-state index in [-0.39, 0.29) is 17.9 Å². The zero-order valence-corrected chi connectivity index (χ0v) is 9.83. The van der Waals surface area contributed by atoms with Crippen molar-refractivity contribution in [1.29, 1.82) is 0 Å². The van der Waals surface area contributed by atoms with Crippen molar-refractivity contribution in [3.63, 3.8) is 0 Å². The molecule has 0 atom stereocenters. The van der Waals surface area contributed by atoms with Crippen LogP contribution in [0.25, 0.3) is 0 Å². The van der Waals surface area contributed by atoms with Gasteiger partial charge in [-0.15, -0.1) is 0 Å². The van der Waals surface area contributed by atoms with E-state index in [0.717, 1.165) is 0 Å². The van der Waals surface area contributed by atoms with Gasteiger partial charge < -0.3 is 9.84 Å². The van der Waals surface area contributed by atoms with Crippen molar-refractivity contribution < 1.29 is 19.6 Å². The lowest BCUT2D eigenvalue weighted by Gasteiger charge is -2.03. The third kappa shape index (κ3) is 3.89. The van der Waals surface area contributed by atoms with Crippen LogP contribution in [0.3, 0.4) is 0 Å². The van der Waals surface area contributed by atoms with E-state index in [0.29, 0.717) is 12.2 Å². The monoisotopic (exact) mass is 251 g/mol. The second-order valence-electron chi connectivity index (χ2n) is 3.45. The molecule has 6 nitrogen and oxygen atoms in total. The fraction of sp³-hybridized carbons (Fsp3) is 0.250. The molecule has 0 aliphatic heterocycles. The maximum absolute atomic E-state index is 10.7. The Hall–Kier alpha value is -2.37. The Morgan fingerprint density at radius 1 is 1.56 bits per heavy atom. The van der Waals surface area contributed by atoms with Gasteiger partial charge in [0.05, 0.1) is 11.0 Å². The summed E-state index contributed by atoms with van der Waals surface area (Å²) >= 11 is 0. The Labute approximate surface area is 104 Å². The van der Waals surface area contributed by atoms with Gasteiger partial charge in [-0.2, -0.15) is 0 Å². The highest BCUT2D eigenvalue weighted by atomic mass is 16.6. The van der Waals surface area contributed by atoms with Gasteiger partial charge in [0.2, 0.25) is 0 Å². The van der Waals surface area contributed by atoms with Crippen molar-refractivity contribution in [2.75, 3.05) is 6.61 Å². The predicted molar refractivity (Wildman–Crippen MR) is 64.6 cm³/mol. The molecule has 1 N–H and O–H groups in total. The van der Waals surface area contributed by atoms with Crippen LogP contribution in [-0.2, 0) is 4.79 Å². The summed E-state index contributed by atoms with van der Waals surface area (Å²) in [7, 11) is 0. The fourth-order valence-corrected chi connectivity index (χ4v) is 1.31. The molecule has 1 aromatic rings. The SMILES string of the molecule is CCC(=CCOc1cccc([N+](=O)[O-])c1)C(=O)O. The summed E-state index contributed by atoms with van der Waals surface area (Å²) in [6.07, 6.45) is 1.84. The van der Waals surface area contributed by atoms with Crippen molar-refractivity contribution >= 4 is 11.7 Å². The molecule has 18 heavy (non-hydrogen) atoms. The lowest BCUT2D eigenvalue weighted by Crippen LogP contribution is -2.03. The third-order valence-electron chi connectivity index (χ3n) is 2.26. The number of benzene rings is 1. The summed E-state index contributed by atoms with van der Waals surface area (Å²) in [5.74, 6) is -0.651. The first-order valence-electron chi connectivity index (χ1n) is 5.34. The predicted octanol–water partition coefficient (Wildman–Crippen LogP) is 2.39. The lowest BCUT2D eigenvalue weighted by molar-refractivity contribution is -0.384. The van der Waals surface area contributed by atoms with Crippen molar-refractivity contribution in [2.45, 2.75) is 13.3 Å². The van der Waals surface area contributed by atoms with Crippen LogP contribution in [0.5, 0.6) is 5.75 Å². The van der Waals surface area contributed by atoms with Crippen molar-refractivity contribution in [1.82, 2.24) is 0 Å². The molecule has 0 fully saturated rings. The molecule has 0 unspecified atom stereocenters. The highest BCUT2D eigenvalue weighted by Crippen LogP contribution is 2.19. The molecule has 1 aromatic carbocycles. The molecule has 0 aliphatic carbocycles. The lowest BCUT2D eigenvalue weighted by atomic mass is 10.2. The van der Waals surface area contributed by atoms with Crippen LogP contribution in [0.4, 0.5) is 5.69 Å². The van der Waals surface area contributed by atoms with Crippen LogP contribution in [0.2, 0.25) is 0 Å². The number of aliphatic carboxylic acids is 1. The zero-order chi connectivity index (χ0) is 13.5. The minimum atomic E-state index is -0.986. The first kappa shape index (κ1) is 13.7. The van der Waals surface area contributed by atoms with Gasteiger partial charge in [0.15, 0.2) is 0 Å². The van der Waals surface area contributed by atoms with Gasteiger partial charge in [-0.25, -0.2) is 4.79 Å². The highest BCUT2D eigenvalue weighted by molar-refractivity contribution is 5.86. The maximum atomic E-state index is 10.7. The molecule has 0 spiro atoms. The molecule has 0 heterocycles. The second kappa shape index (κ2) is 6.39. The number of nitro groups is 1. The zero-order valence-electron chi connectivity index (χ0n) is 9.83. The number of hydrogen-bond donors (Lipinski definition) is 1. The molecule has 0 amide bonds. The average Bonchev–Trinajstić information content (AvgIpc) is 2.34. The van der Waals surface area contributed by atoms with Crippen molar-refractivity contribution in [2.24, 2.45) is 0 Å². The number of rotatable bonds is 6. The summed E-state index contributed by atoms with van der Waals surface area (Å²) in [6, 6.07) is 5.74. The van der Waals surface area contributed by atoms with E-state index >= 15 is 0 Å². The molecule has 0 saturated carbocycles. The molecule has 6 heteroatoms. The summed E-state index contributed by atoms with van der Waals surface area (Å²) < 4.78 is 5.24. The number of nitro benzene ring substituents is 1. The first-order valence-corrected chi connectivity index (χ1v) is 5.34. The van der Waals surface area contributed by atoms with Crippen LogP contribution < -0.4 is 4.74 Å². The number of nitrogens with zero attached hydrogens (tertiary/aromatic N) is 1. The standard InChI is InChI=1S/C12H13NO5/c1-2-9(12(14)15)6-7-18-11-5-3-4-10(8-11)13(16)17/h3-6,8H,2,7H2,1H3,(H,14,15). The normalized spacial score (nSPS) is 11.1. The Kier molecular flexibility index (Phi) is 4.86. The molecule has 0 saturated heterocycles. The van der Waals surface area contributed by atoms with E-state index in [1.165, 1.54) is 24.3 Å². The van der Waals surface area contributed by atoms with Gasteiger partial charge in [-0.1, -0.05) is 13.0 Å². The Morgan fingerprint density at radius 3 is 2.83 bits per heavy atom. The molecular formula is C12H13NO5. The number of carboxylic acids is 1. The first-order chi connectivity index (χ1) is 8.54. The molecule has 0 bridgehead atoms. The molecule has 0 radical (unpaired) electrons. The Balaban J connectivity index is 2.66. The van der Waals surface area contributed by atoms with E-state index in [4.69, 9.17) is 9.84 Å². The smallest absolute Gasteiger partial charge is 0.331 e. The Bertz CT molecular complexity index is 481. The van der Waals surface area contributed by atoms with Crippen molar-refractivity contribution in [3.05, 3.63) is 46.0 Å². The number of carboxylic acid groups (broad SMARTS) is 1. The summed E-state index contributed by atoms with van der Waals surface area (Å²) in [5, 5.41) is 19.3. The van der Waals surface area contributed by atoms with Gasteiger partial charge in [-0.3, -0.25) is 10.1 Å². The van der Waals surface area contributed by atoms with E-state index in [9.17, 15) is 14.9 Å². The number of hydrogen-bond acceptors (Lipinski definition) is 4. The van der Waals surface area contributed by atoms with Gasteiger partial charge in [0.25, 0.3) is 5.69 Å². The minimum Gasteiger partial charge on any atom is -0.489 e. The summed E-state index contributed by atoms with van der Waals surface area (Å²) in [4.78, 5) is 20.7. The van der Waals surface area contributed by atoms with Crippen LogP contribution in [0.1, 0.15) is 13.3 Å². The molecular weight excluding hydrogens is 238 g/mol. The number of non-ortho nitro benzene ring substituents is 1. The fourth-order valence-electron chi connectivity index (χ4n) is 1.31. The molecule has 0 aliphatic rings. The van der Waals surface area contributed by atoms with Crippen LogP contribution in [0, 0.1) is 10.1 Å². The summed E-state index contributed by atoms with van der Waals surface area (Å²) in [6.45, 7) is 1.80. The van der Waals surface area contributed by atoms with Gasteiger partial charge in [0, 0.05) is 11.6 Å². The molecule has 96 valence electrons.